The minimum absolute atomic E-state index is 0.00430. The lowest BCUT2D eigenvalue weighted by molar-refractivity contribution is 0.0964. The molecule has 1 aliphatic rings. The molecule has 1 saturated heterocycles. The highest BCUT2D eigenvalue weighted by molar-refractivity contribution is 5.28. The van der Waals surface area contributed by atoms with Crippen molar-refractivity contribution in [2.24, 2.45) is 5.73 Å². The molecule has 2 rings (SSSR count). The molecule has 106 valence electrons. The van der Waals surface area contributed by atoms with Crippen LogP contribution in [0.4, 0.5) is 8.78 Å². The third kappa shape index (κ3) is 2.78. The molecular formula is C14H21F2N3. The molecule has 19 heavy (non-hydrogen) atoms. The van der Waals surface area contributed by atoms with E-state index in [1.165, 1.54) is 0 Å². The molecule has 1 aromatic rings. The van der Waals surface area contributed by atoms with Gasteiger partial charge in [-0.05, 0) is 26.6 Å². The summed E-state index contributed by atoms with van der Waals surface area (Å²) in [6.07, 6.45) is 0. The van der Waals surface area contributed by atoms with Crippen molar-refractivity contribution in [1.29, 1.82) is 0 Å². The predicted molar refractivity (Wildman–Crippen MR) is 71.9 cm³/mol. The molecule has 2 unspecified atom stereocenters. The highest BCUT2D eigenvalue weighted by atomic mass is 19.2. The van der Waals surface area contributed by atoms with Crippen LogP contribution in [0.3, 0.4) is 0 Å². The van der Waals surface area contributed by atoms with Gasteiger partial charge in [0.15, 0.2) is 11.6 Å². The topological polar surface area (TPSA) is 32.5 Å². The minimum atomic E-state index is -0.811. The second-order valence-corrected chi connectivity index (χ2v) is 5.44. The van der Waals surface area contributed by atoms with Gasteiger partial charge in [-0.25, -0.2) is 8.78 Å². The monoisotopic (exact) mass is 269 g/mol. The summed E-state index contributed by atoms with van der Waals surface area (Å²) in [7, 11) is 3.98. The molecule has 1 aromatic carbocycles. The first kappa shape index (κ1) is 14.4. The number of nitrogens with zero attached hydrogens (tertiary/aromatic N) is 2. The zero-order valence-corrected chi connectivity index (χ0v) is 11.7. The van der Waals surface area contributed by atoms with E-state index in [2.05, 4.69) is 9.80 Å². The van der Waals surface area contributed by atoms with Crippen LogP contribution in [-0.4, -0.2) is 49.6 Å². The van der Waals surface area contributed by atoms with Crippen molar-refractivity contribution in [2.45, 2.75) is 19.0 Å². The number of likely N-dealkylation sites (N-methyl/N-ethyl adjacent to an activating group) is 2. The highest BCUT2D eigenvalue weighted by Crippen LogP contribution is 2.25. The van der Waals surface area contributed by atoms with Crippen LogP contribution in [0.25, 0.3) is 0 Å². The molecule has 0 aromatic heterocycles. The van der Waals surface area contributed by atoms with Crippen LogP contribution in [-0.2, 0) is 0 Å². The van der Waals surface area contributed by atoms with Gasteiger partial charge >= 0.3 is 0 Å². The van der Waals surface area contributed by atoms with E-state index in [4.69, 9.17) is 5.73 Å². The Bertz CT molecular complexity index is 464. The average Bonchev–Trinajstić information content (AvgIpc) is 2.38. The molecule has 3 nitrogen and oxygen atoms in total. The number of benzene rings is 1. The van der Waals surface area contributed by atoms with Crippen LogP contribution in [0.1, 0.15) is 17.2 Å². The first-order chi connectivity index (χ1) is 8.91. The van der Waals surface area contributed by atoms with Crippen LogP contribution < -0.4 is 5.73 Å². The number of hydrogen-bond donors (Lipinski definition) is 1. The van der Waals surface area contributed by atoms with E-state index in [0.717, 1.165) is 19.6 Å². The first-order valence-electron chi connectivity index (χ1n) is 6.50. The zero-order valence-electron chi connectivity index (χ0n) is 11.7. The van der Waals surface area contributed by atoms with Gasteiger partial charge in [-0.15, -0.1) is 0 Å². The second kappa shape index (κ2) is 5.53. The summed E-state index contributed by atoms with van der Waals surface area (Å²) in [6, 6.07) is 2.65. The number of nitrogens with two attached hydrogens (primary N) is 1. The lowest BCUT2D eigenvalue weighted by atomic mass is 9.95. The van der Waals surface area contributed by atoms with E-state index >= 15 is 0 Å². The largest absolute Gasteiger partial charge is 0.323 e. The summed E-state index contributed by atoms with van der Waals surface area (Å²) in [5.41, 5.74) is 6.73. The smallest absolute Gasteiger partial charge is 0.163 e. The minimum Gasteiger partial charge on any atom is -0.323 e. The summed E-state index contributed by atoms with van der Waals surface area (Å²) in [4.78, 5) is 4.27. The maximum atomic E-state index is 14.0. The molecule has 1 aliphatic heterocycles. The van der Waals surface area contributed by atoms with Crippen molar-refractivity contribution in [3.05, 3.63) is 34.9 Å². The van der Waals surface area contributed by atoms with Crippen molar-refractivity contribution in [1.82, 2.24) is 9.80 Å². The molecule has 0 saturated carbocycles. The van der Waals surface area contributed by atoms with E-state index < -0.39 is 17.7 Å². The van der Waals surface area contributed by atoms with Crippen LogP contribution in [0.15, 0.2) is 12.1 Å². The number of hydrogen-bond acceptors (Lipinski definition) is 3. The van der Waals surface area contributed by atoms with Crippen molar-refractivity contribution >= 4 is 0 Å². The fraction of sp³-hybridized carbons (Fsp3) is 0.571. The van der Waals surface area contributed by atoms with Crippen LogP contribution in [0.2, 0.25) is 0 Å². The quantitative estimate of drug-likeness (QED) is 0.883. The standard InChI is InChI=1S/C14H21F2N3/c1-9-4-5-10(13(16)12(9)15)14(17)11-8-18(2)6-7-19(11)3/h4-5,11,14H,6-8,17H2,1-3H3. The third-order valence-corrected chi connectivity index (χ3v) is 3.98. The Hall–Kier alpha value is -1.04. The fourth-order valence-electron chi connectivity index (χ4n) is 2.56. The van der Waals surface area contributed by atoms with E-state index in [0.29, 0.717) is 5.56 Å². The van der Waals surface area contributed by atoms with Crippen LogP contribution >= 0.6 is 0 Å². The van der Waals surface area contributed by atoms with Gasteiger partial charge < -0.3 is 10.6 Å². The Kier molecular flexibility index (Phi) is 4.18. The van der Waals surface area contributed by atoms with E-state index in [1.807, 2.05) is 14.1 Å². The maximum Gasteiger partial charge on any atom is 0.163 e. The lowest BCUT2D eigenvalue weighted by Gasteiger charge is -2.40. The molecule has 2 atom stereocenters. The van der Waals surface area contributed by atoms with Gasteiger partial charge in [0.1, 0.15) is 0 Å². The van der Waals surface area contributed by atoms with Crippen molar-refractivity contribution < 1.29 is 8.78 Å². The van der Waals surface area contributed by atoms with Crippen molar-refractivity contribution in [3.63, 3.8) is 0 Å². The summed E-state index contributed by atoms with van der Waals surface area (Å²) in [6.45, 7) is 4.15. The van der Waals surface area contributed by atoms with Crippen LogP contribution in [0, 0.1) is 18.6 Å². The Morgan fingerprint density at radius 1 is 1.21 bits per heavy atom. The SMILES string of the molecule is Cc1ccc(C(N)C2CN(C)CCN2C)c(F)c1F. The summed E-state index contributed by atoms with van der Waals surface area (Å²) in [5, 5.41) is 0. The van der Waals surface area contributed by atoms with E-state index in [9.17, 15) is 8.78 Å². The summed E-state index contributed by atoms with van der Waals surface area (Å²) < 4.78 is 27.6. The summed E-state index contributed by atoms with van der Waals surface area (Å²) in [5.74, 6) is -1.60. The average molecular weight is 269 g/mol. The van der Waals surface area contributed by atoms with Gasteiger partial charge in [0, 0.05) is 37.3 Å². The van der Waals surface area contributed by atoms with Gasteiger partial charge in [0.05, 0.1) is 0 Å². The van der Waals surface area contributed by atoms with Gasteiger partial charge in [0.2, 0.25) is 0 Å². The molecule has 5 heteroatoms. The van der Waals surface area contributed by atoms with Crippen molar-refractivity contribution in [3.8, 4) is 0 Å². The normalized spacial score (nSPS) is 23.6. The number of piperazine rings is 1. The second-order valence-electron chi connectivity index (χ2n) is 5.44. The third-order valence-electron chi connectivity index (χ3n) is 3.98. The number of rotatable bonds is 2. The molecule has 0 radical (unpaired) electrons. The first-order valence-corrected chi connectivity index (χ1v) is 6.50. The molecule has 0 bridgehead atoms. The molecule has 1 heterocycles. The van der Waals surface area contributed by atoms with Gasteiger partial charge in [-0.1, -0.05) is 12.1 Å². The lowest BCUT2D eigenvalue weighted by Crippen LogP contribution is -2.54. The highest BCUT2D eigenvalue weighted by Gasteiger charge is 2.30. The Morgan fingerprint density at radius 2 is 1.89 bits per heavy atom. The Morgan fingerprint density at radius 3 is 2.58 bits per heavy atom. The maximum absolute atomic E-state index is 14.0. The van der Waals surface area contributed by atoms with Gasteiger partial charge in [-0.2, -0.15) is 0 Å². The van der Waals surface area contributed by atoms with E-state index in [-0.39, 0.29) is 11.6 Å². The van der Waals surface area contributed by atoms with Crippen molar-refractivity contribution in [2.75, 3.05) is 33.7 Å². The van der Waals surface area contributed by atoms with Crippen LogP contribution in [0.5, 0.6) is 0 Å². The van der Waals surface area contributed by atoms with Gasteiger partial charge in [0.25, 0.3) is 0 Å². The summed E-state index contributed by atoms with van der Waals surface area (Å²) >= 11 is 0. The molecule has 2 N–H and O–H groups in total. The molecule has 0 spiro atoms. The Balaban J connectivity index is 2.28. The predicted octanol–water partition coefficient (Wildman–Crippen LogP) is 1.52. The molecule has 1 fully saturated rings. The zero-order chi connectivity index (χ0) is 14.2. The van der Waals surface area contributed by atoms with E-state index in [1.54, 1.807) is 19.1 Å². The Labute approximate surface area is 113 Å². The molecule has 0 amide bonds. The number of aryl methyl sites for hydroxylation is 1. The van der Waals surface area contributed by atoms with Gasteiger partial charge in [-0.3, -0.25) is 4.90 Å². The molecule has 0 aliphatic carbocycles. The number of halogens is 2. The molecular weight excluding hydrogens is 248 g/mol. The fourth-order valence-corrected chi connectivity index (χ4v) is 2.56.